The molecular weight excluding hydrogens is 298 g/mol. The summed E-state index contributed by atoms with van der Waals surface area (Å²) in [7, 11) is -7.61. The van der Waals surface area contributed by atoms with Gasteiger partial charge in [0.2, 0.25) is 0 Å². The quantitative estimate of drug-likeness (QED) is 0.785. The van der Waals surface area contributed by atoms with Gasteiger partial charge in [0.15, 0.2) is 14.9 Å². The first-order chi connectivity index (χ1) is 8.38. The molecule has 0 N–H and O–H groups in total. The number of halogens is 1. The van der Waals surface area contributed by atoms with E-state index in [0.717, 1.165) is 0 Å². The zero-order valence-corrected chi connectivity index (χ0v) is 11.6. The molecule has 18 heavy (non-hydrogen) atoms. The van der Waals surface area contributed by atoms with Gasteiger partial charge in [0, 0.05) is 11.4 Å². The minimum absolute atomic E-state index is 0.0607. The fourth-order valence-electron chi connectivity index (χ4n) is 1.64. The normalized spacial score (nSPS) is 17.3. The van der Waals surface area contributed by atoms with Crippen molar-refractivity contribution in [3.8, 4) is 0 Å². The van der Waals surface area contributed by atoms with Crippen LogP contribution < -0.4 is 0 Å². The summed E-state index contributed by atoms with van der Waals surface area (Å²) in [4.78, 5) is -0.0607. The molecule has 0 aliphatic carbocycles. The van der Waals surface area contributed by atoms with Crippen molar-refractivity contribution in [2.45, 2.75) is 11.3 Å². The van der Waals surface area contributed by atoms with Gasteiger partial charge in [-0.1, -0.05) is 18.2 Å². The molecule has 1 aromatic rings. The summed E-state index contributed by atoms with van der Waals surface area (Å²) in [6, 6.07) is 5.89. The lowest BCUT2D eigenvalue weighted by Gasteiger charge is -2.02. The summed E-state index contributed by atoms with van der Waals surface area (Å²) in [5.74, 6) is -0.0138. The average molecular weight is 308 g/mol. The highest BCUT2D eigenvalue weighted by Crippen LogP contribution is 2.28. The Kier molecular flexibility index (Phi) is 3.48. The van der Waals surface area contributed by atoms with E-state index in [1.807, 2.05) is 0 Å². The van der Waals surface area contributed by atoms with Crippen molar-refractivity contribution in [1.82, 2.24) is 0 Å². The van der Waals surface area contributed by atoms with Crippen LogP contribution in [0.3, 0.4) is 0 Å². The van der Waals surface area contributed by atoms with Crippen LogP contribution in [-0.2, 0) is 19.9 Å². The molecule has 1 aliphatic rings. The minimum Gasteiger partial charge on any atom is -0.222 e. The van der Waals surface area contributed by atoms with E-state index in [1.54, 1.807) is 6.07 Å². The van der Waals surface area contributed by atoms with E-state index in [-0.39, 0.29) is 33.6 Å². The molecule has 0 bridgehead atoms. The van der Waals surface area contributed by atoms with Crippen LogP contribution in [0.25, 0.3) is 0 Å². The Bertz CT molecular complexity index is 707. The molecule has 0 radical (unpaired) electrons. The highest BCUT2D eigenvalue weighted by atomic mass is 35.5. The van der Waals surface area contributed by atoms with Crippen LogP contribution in [0.4, 0.5) is 0 Å². The first kappa shape index (κ1) is 13.5. The van der Waals surface area contributed by atoms with Gasteiger partial charge < -0.3 is 0 Å². The molecule has 1 heterocycles. The lowest BCUT2D eigenvalue weighted by atomic mass is 10.2. The predicted molar refractivity (Wildman–Crippen MR) is 69.3 cm³/mol. The highest BCUT2D eigenvalue weighted by molar-refractivity contribution is 8.08. The van der Waals surface area contributed by atoms with Crippen molar-refractivity contribution in [3.05, 3.63) is 29.8 Å². The molecular formula is C10H10ClNO4S2. The molecule has 5 nitrogen and oxygen atoms in total. The van der Waals surface area contributed by atoms with Crippen LogP contribution in [0, 0.1) is 0 Å². The molecule has 0 saturated heterocycles. The van der Waals surface area contributed by atoms with Crippen LogP contribution in [0.15, 0.2) is 33.6 Å². The molecule has 1 aromatic carbocycles. The molecule has 0 aromatic heterocycles. The topological polar surface area (TPSA) is 80.6 Å². The second-order valence-electron chi connectivity index (χ2n) is 3.73. The van der Waals surface area contributed by atoms with Gasteiger partial charge in [-0.2, -0.15) is 8.42 Å². The summed E-state index contributed by atoms with van der Waals surface area (Å²) in [6.07, 6.45) is 0.255. The SMILES string of the molecule is O=S(=O)(CCCCl)C1=NS(=O)(=O)c2ccccc21. The third kappa shape index (κ3) is 2.30. The number of benzene rings is 1. The van der Waals surface area contributed by atoms with Gasteiger partial charge in [0.25, 0.3) is 10.0 Å². The van der Waals surface area contributed by atoms with Crippen molar-refractivity contribution >= 4 is 36.5 Å². The number of sulfonamides is 1. The molecule has 0 atom stereocenters. The van der Waals surface area contributed by atoms with Crippen LogP contribution in [-0.4, -0.2) is 33.5 Å². The van der Waals surface area contributed by atoms with E-state index in [2.05, 4.69) is 4.40 Å². The third-order valence-electron chi connectivity index (χ3n) is 2.44. The van der Waals surface area contributed by atoms with Gasteiger partial charge in [-0.15, -0.1) is 16.0 Å². The number of alkyl halides is 1. The Morgan fingerprint density at radius 2 is 1.89 bits per heavy atom. The number of hydrogen-bond acceptors (Lipinski definition) is 4. The molecule has 0 fully saturated rings. The van der Waals surface area contributed by atoms with Gasteiger partial charge in [0.1, 0.15) is 0 Å². The van der Waals surface area contributed by atoms with E-state index in [4.69, 9.17) is 11.6 Å². The number of sulfone groups is 1. The molecule has 0 amide bonds. The van der Waals surface area contributed by atoms with Crippen LogP contribution in [0.2, 0.25) is 0 Å². The van der Waals surface area contributed by atoms with Crippen molar-refractivity contribution in [1.29, 1.82) is 0 Å². The van der Waals surface area contributed by atoms with Gasteiger partial charge in [-0.05, 0) is 12.5 Å². The van der Waals surface area contributed by atoms with Crippen molar-refractivity contribution < 1.29 is 16.8 Å². The van der Waals surface area contributed by atoms with E-state index in [9.17, 15) is 16.8 Å². The maximum absolute atomic E-state index is 12.0. The maximum atomic E-state index is 12.0. The minimum atomic E-state index is -3.89. The number of fused-ring (bicyclic) bond motifs is 1. The van der Waals surface area contributed by atoms with Crippen molar-refractivity contribution in [3.63, 3.8) is 0 Å². The first-order valence-corrected chi connectivity index (χ1v) is 8.74. The Hall–Kier alpha value is -0.920. The van der Waals surface area contributed by atoms with E-state index in [0.29, 0.717) is 0 Å². The van der Waals surface area contributed by atoms with E-state index < -0.39 is 19.9 Å². The standard InChI is InChI=1S/C10H10ClNO4S2/c11-6-3-7-17(13,14)10-8-4-1-2-5-9(8)18(15,16)12-10/h1-2,4-5H,3,6-7H2. The largest absolute Gasteiger partial charge is 0.284 e. The lowest BCUT2D eigenvalue weighted by molar-refractivity contribution is 0.598. The Morgan fingerprint density at radius 3 is 2.56 bits per heavy atom. The summed E-state index contributed by atoms with van der Waals surface area (Å²) in [6.45, 7) is 0. The fraction of sp³-hybridized carbons (Fsp3) is 0.300. The summed E-state index contributed by atoms with van der Waals surface area (Å²) in [5, 5.41) is -0.372. The lowest BCUT2D eigenvalue weighted by Crippen LogP contribution is -2.18. The molecule has 1 aliphatic heterocycles. The second kappa shape index (κ2) is 4.64. The number of hydrogen-bond donors (Lipinski definition) is 0. The molecule has 0 spiro atoms. The smallest absolute Gasteiger partial charge is 0.222 e. The van der Waals surface area contributed by atoms with Gasteiger partial charge in [0.05, 0.1) is 10.6 Å². The molecule has 98 valence electrons. The van der Waals surface area contributed by atoms with E-state index >= 15 is 0 Å². The first-order valence-electron chi connectivity index (χ1n) is 5.11. The van der Waals surface area contributed by atoms with Crippen molar-refractivity contribution in [2.75, 3.05) is 11.6 Å². The Balaban J connectivity index is 2.56. The zero-order valence-electron chi connectivity index (χ0n) is 9.21. The number of rotatable bonds is 3. The van der Waals surface area contributed by atoms with Gasteiger partial charge in [-0.25, -0.2) is 8.42 Å². The zero-order chi connectivity index (χ0) is 13.4. The molecule has 0 unspecified atom stereocenters. The van der Waals surface area contributed by atoms with Gasteiger partial charge in [-0.3, -0.25) is 0 Å². The Labute approximate surface area is 110 Å². The van der Waals surface area contributed by atoms with Gasteiger partial charge >= 0.3 is 0 Å². The van der Waals surface area contributed by atoms with Crippen LogP contribution in [0.1, 0.15) is 12.0 Å². The summed E-state index contributed by atoms with van der Waals surface area (Å²) >= 11 is 5.45. The summed E-state index contributed by atoms with van der Waals surface area (Å²) in [5.41, 5.74) is 0.145. The van der Waals surface area contributed by atoms with Crippen LogP contribution in [0.5, 0.6) is 0 Å². The Morgan fingerprint density at radius 1 is 1.22 bits per heavy atom. The summed E-state index contributed by atoms with van der Waals surface area (Å²) < 4.78 is 50.8. The molecule has 2 rings (SSSR count). The molecule has 0 saturated carbocycles. The second-order valence-corrected chi connectivity index (χ2v) is 7.70. The van der Waals surface area contributed by atoms with Crippen molar-refractivity contribution in [2.24, 2.45) is 4.40 Å². The number of nitrogens with zero attached hydrogens (tertiary/aromatic N) is 1. The van der Waals surface area contributed by atoms with Crippen LogP contribution >= 0.6 is 11.6 Å². The third-order valence-corrected chi connectivity index (χ3v) is 5.88. The average Bonchev–Trinajstić information content (AvgIpc) is 2.61. The maximum Gasteiger partial charge on any atom is 0.284 e. The van der Waals surface area contributed by atoms with E-state index in [1.165, 1.54) is 18.2 Å². The monoisotopic (exact) mass is 307 g/mol. The predicted octanol–water partition coefficient (Wildman–Crippen LogP) is 1.18. The molecule has 8 heteroatoms. The fourth-order valence-corrected chi connectivity index (χ4v) is 5.09. The highest BCUT2D eigenvalue weighted by Gasteiger charge is 2.35.